The van der Waals surface area contributed by atoms with Crippen molar-refractivity contribution in [3.05, 3.63) is 70.4 Å². The summed E-state index contributed by atoms with van der Waals surface area (Å²) in [6.45, 7) is 2.89. The normalized spacial score (nSPS) is 10.7. The predicted molar refractivity (Wildman–Crippen MR) is 81.9 cm³/mol. The molecular formula is C17H13ClN2. The van der Waals surface area contributed by atoms with Crippen LogP contribution >= 0.6 is 11.6 Å². The van der Waals surface area contributed by atoms with Crippen LogP contribution in [0.3, 0.4) is 0 Å². The number of nitriles is 1. The zero-order valence-corrected chi connectivity index (χ0v) is 11.9. The highest BCUT2D eigenvalue weighted by atomic mass is 35.5. The molecule has 0 aliphatic rings. The van der Waals surface area contributed by atoms with E-state index in [9.17, 15) is 0 Å². The fourth-order valence-corrected chi connectivity index (χ4v) is 2.59. The minimum atomic E-state index is 0.696. The topological polar surface area (TPSA) is 28.7 Å². The summed E-state index contributed by atoms with van der Waals surface area (Å²) in [5.41, 5.74) is 4.24. The van der Waals surface area contributed by atoms with Crippen molar-refractivity contribution in [1.82, 2.24) is 4.57 Å². The first-order valence-electron chi connectivity index (χ1n) is 6.42. The Kier molecular flexibility index (Phi) is 3.22. The van der Waals surface area contributed by atoms with Gasteiger partial charge in [0.25, 0.3) is 0 Å². The first kappa shape index (κ1) is 12.8. The average Bonchev–Trinajstić information content (AvgIpc) is 2.76. The van der Waals surface area contributed by atoms with Crippen molar-refractivity contribution in [1.29, 1.82) is 5.26 Å². The highest BCUT2D eigenvalue weighted by Gasteiger charge is 2.07. The van der Waals surface area contributed by atoms with Gasteiger partial charge in [-0.25, -0.2) is 0 Å². The highest BCUT2D eigenvalue weighted by molar-refractivity contribution is 6.30. The maximum atomic E-state index is 8.97. The van der Waals surface area contributed by atoms with Gasteiger partial charge in [-0.3, -0.25) is 0 Å². The van der Waals surface area contributed by atoms with E-state index >= 15 is 0 Å². The molecule has 98 valence electrons. The Bertz CT molecular complexity index is 807. The van der Waals surface area contributed by atoms with Crippen molar-refractivity contribution < 1.29 is 0 Å². The number of hydrogen-bond acceptors (Lipinski definition) is 1. The summed E-state index contributed by atoms with van der Waals surface area (Å²) in [6.07, 6.45) is 0. The number of rotatable bonds is 2. The lowest BCUT2D eigenvalue weighted by molar-refractivity contribution is 0.805. The van der Waals surface area contributed by atoms with Gasteiger partial charge >= 0.3 is 0 Å². The molecule has 3 rings (SSSR count). The molecule has 3 heteroatoms. The Morgan fingerprint density at radius 3 is 2.55 bits per heavy atom. The van der Waals surface area contributed by atoms with Crippen molar-refractivity contribution in [2.75, 3.05) is 0 Å². The van der Waals surface area contributed by atoms with E-state index in [4.69, 9.17) is 16.9 Å². The zero-order valence-electron chi connectivity index (χ0n) is 11.1. The van der Waals surface area contributed by atoms with Crippen LogP contribution in [0.15, 0.2) is 48.5 Å². The second-order valence-electron chi connectivity index (χ2n) is 4.88. The van der Waals surface area contributed by atoms with Crippen molar-refractivity contribution >= 4 is 22.5 Å². The number of benzene rings is 2. The molecule has 1 aromatic heterocycles. The second kappa shape index (κ2) is 5.03. The molecule has 0 bridgehead atoms. The molecule has 0 radical (unpaired) electrons. The van der Waals surface area contributed by atoms with E-state index in [0.29, 0.717) is 5.56 Å². The molecule has 2 nitrogen and oxygen atoms in total. The number of hydrogen-bond donors (Lipinski definition) is 0. The summed E-state index contributed by atoms with van der Waals surface area (Å²) < 4.78 is 2.25. The monoisotopic (exact) mass is 280 g/mol. The fraction of sp³-hybridized carbons (Fsp3) is 0.118. The van der Waals surface area contributed by atoms with Crippen molar-refractivity contribution in [3.63, 3.8) is 0 Å². The Hall–Kier alpha value is -2.24. The molecule has 0 aliphatic carbocycles. The van der Waals surface area contributed by atoms with Gasteiger partial charge in [0.1, 0.15) is 0 Å². The molecule has 0 saturated heterocycles. The van der Waals surface area contributed by atoms with Gasteiger partial charge in [0.15, 0.2) is 0 Å². The molecule has 0 amide bonds. The first-order chi connectivity index (χ1) is 9.67. The fourth-order valence-electron chi connectivity index (χ4n) is 2.46. The van der Waals surface area contributed by atoms with E-state index in [1.54, 1.807) is 0 Å². The average molecular weight is 281 g/mol. The SMILES string of the molecule is Cc1cc2cc(C#N)ccc2n1Cc1ccc(Cl)cc1. The van der Waals surface area contributed by atoms with Crippen molar-refractivity contribution in [2.24, 2.45) is 0 Å². The van der Waals surface area contributed by atoms with Gasteiger partial charge in [0.05, 0.1) is 11.6 Å². The zero-order chi connectivity index (χ0) is 14.1. The molecule has 20 heavy (non-hydrogen) atoms. The third kappa shape index (κ3) is 2.29. The number of aromatic nitrogens is 1. The lowest BCUT2D eigenvalue weighted by Gasteiger charge is -2.08. The van der Waals surface area contributed by atoms with Crippen LogP contribution in [0.5, 0.6) is 0 Å². The Balaban J connectivity index is 2.05. The summed E-state index contributed by atoms with van der Waals surface area (Å²) in [6, 6.07) is 18.0. The Labute approximate surface area is 122 Å². The van der Waals surface area contributed by atoms with Gasteiger partial charge in [0.2, 0.25) is 0 Å². The molecular weight excluding hydrogens is 268 g/mol. The molecule has 0 spiro atoms. The molecule has 0 saturated carbocycles. The van der Waals surface area contributed by atoms with E-state index in [0.717, 1.165) is 22.5 Å². The van der Waals surface area contributed by atoms with Gasteiger partial charge in [-0.1, -0.05) is 23.7 Å². The van der Waals surface area contributed by atoms with Crippen LogP contribution in [0.4, 0.5) is 0 Å². The van der Waals surface area contributed by atoms with Crippen LogP contribution in [0, 0.1) is 18.3 Å². The van der Waals surface area contributed by atoms with E-state index in [1.165, 1.54) is 11.3 Å². The van der Waals surface area contributed by atoms with Crippen molar-refractivity contribution in [2.45, 2.75) is 13.5 Å². The van der Waals surface area contributed by atoms with Crippen LogP contribution in [0.1, 0.15) is 16.8 Å². The lowest BCUT2D eigenvalue weighted by atomic mass is 10.2. The summed E-state index contributed by atoms with van der Waals surface area (Å²) in [4.78, 5) is 0. The molecule has 3 aromatic rings. The standard InChI is InChI=1S/C17H13ClN2/c1-12-8-15-9-14(10-19)4-7-17(15)20(12)11-13-2-5-16(18)6-3-13/h2-9H,11H2,1H3. The lowest BCUT2D eigenvalue weighted by Crippen LogP contribution is -2.01. The third-order valence-electron chi connectivity index (χ3n) is 3.49. The first-order valence-corrected chi connectivity index (χ1v) is 6.79. The summed E-state index contributed by atoms with van der Waals surface area (Å²) in [5.74, 6) is 0. The Morgan fingerprint density at radius 2 is 1.85 bits per heavy atom. The summed E-state index contributed by atoms with van der Waals surface area (Å²) in [7, 11) is 0. The number of nitrogens with zero attached hydrogens (tertiary/aromatic N) is 2. The van der Waals surface area contributed by atoms with Gasteiger partial charge in [-0.05, 0) is 48.9 Å². The molecule has 0 aliphatic heterocycles. The van der Waals surface area contributed by atoms with E-state index in [-0.39, 0.29) is 0 Å². The van der Waals surface area contributed by atoms with Crippen LogP contribution in [-0.4, -0.2) is 4.57 Å². The molecule has 0 N–H and O–H groups in total. The largest absolute Gasteiger partial charge is 0.340 e. The van der Waals surface area contributed by atoms with E-state index in [1.807, 2.05) is 42.5 Å². The van der Waals surface area contributed by atoms with Crippen LogP contribution < -0.4 is 0 Å². The molecule has 1 heterocycles. The van der Waals surface area contributed by atoms with Gasteiger partial charge < -0.3 is 4.57 Å². The van der Waals surface area contributed by atoms with E-state index in [2.05, 4.69) is 23.6 Å². The molecule has 0 atom stereocenters. The van der Waals surface area contributed by atoms with Crippen LogP contribution in [-0.2, 0) is 6.54 Å². The van der Waals surface area contributed by atoms with Crippen LogP contribution in [0.2, 0.25) is 5.02 Å². The number of halogens is 1. The number of aryl methyl sites for hydroxylation is 1. The van der Waals surface area contributed by atoms with Crippen LogP contribution in [0.25, 0.3) is 10.9 Å². The molecule has 2 aromatic carbocycles. The minimum absolute atomic E-state index is 0.696. The maximum Gasteiger partial charge on any atom is 0.0991 e. The number of fused-ring (bicyclic) bond motifs is 1. The third-order valence-corrected chi connectivity index (χ3v) is 3.74. The van der Waals surface area contributed by atoms with Crippen molar-refractivity contribution in [3.8, 4) is 6.07 Å². The Morgan fingerprint density at radius 1 is 1.10 bits per heavy atom. The highest BCUT2D eigenvalue weighted by Crippen LogP contribution is 2.22. The predicted octanol–water partition coefficient (Wildman–Crippen LogP) is 4.52. The smallest absolute Gasteiger partial charge is 0.0991 e. The second-order valence-corrected chi connectivity index (χ2v) is 5.32. The maximum absolute atomic E-state index is 8.97. The minimum Gasteiger partial charge on any atom is -0.340 e. The van der Waals surface area contributed by atoms with E-state index < -0.39 is 0 Å². The molecule has 0 unspecified atom stereocenters. The van der Waals surface area contributed by atoms with Gasteiger partial charge in [-0.15, -0.1) is 0 Å². The summed E-state index contributed by atoms with van der Waals surface area (Å²) >= 11 is 5.92. The van der Waals surface area contributed by atoms with Gasteiger partial charge in [0, 0.05) is 28.2 Å². The summed E-state index contributed by atoms with van der Waals surface area (Å²) in [5, 5.41) is 10.8. The quantitative estimate of drug-likeness (QED) is 0.678. The molecule has 0 fully saturated rings. The van der Waals surface area contributed by atoms with Gasteiger partial charge in [-0.2, -0.15) is 5.26 Å².